The summed E-state index contributed by atoms with van der Waals surface area (Å²) in [6.45, 7) is 6.45. The number of ether oxygens (including phenoxy) is 3. The highest BCUT2D eigenvalue weighted by Crippen LogP contribution is 2.38. The molecule has 0 saturated carbocycles. The molecular formula is C21H25N3O4. The van der Waals surface area contributed by atoms with Crippen molar-refractivity contribution in [3.63, 3.8) is 0 Å². The number of hydrogen-bond donors (Lipinski definition) is 2. The molecule has 0 saturated heterocycles. The van der Waals surface area contributed by atoms with Gasteiger partial charge in [0.2, 0.25) is 11.7 Å². The zero-order valence-electron chi connectivity index (χ0n) is 17.0. The molecule has 0 spiro atoms. The largest absolute Gasteiger partial charge is 0.493 e. The van der Waals surface area contributed by atoms with Gasteiger partial charge in [-0.05, 0) is 35.2 Å². The zero-order chi connectivity index (χ0) is 20.5. The number of carbonyl (C=O) groups is 1. The van der Waals surface area contributed by atoms with E-state index in [1.54, 1.807) is 12.1 Å². The van der Waals surface area contributed by atoms with Crippen molar-refractivity contribution in [2.75, 3.05) is 26.6 Å². The predicted molar refractivity (Wildman–Crippen MR) is 109 cm³/mol. The number of nitrogens with one attached hydrogen (secondary N) is 2. The van der Waals surface area contributed by atoms with Gasteiger partial charge < -0.3 is 19.2 Å². The molecule has 3 rings (SSSR count). The summed E-state index contributed by atoms with van der Waals surface area (Å²) in [6.07, 6.45) is 0. The SMILES string of the molecule is COc1cc(C(=O)Nc2nc3ccc(C(C)(C)C)cc3[nH]2)cc(OC)c1OC. The van der Waals surface area contributed by atoms with E-state index in [0.29, 0.717) is 28.8 Å². The van der Waals surface area contributed by atoms with Crippen molar-refractivity contribution in [2.24, 2.45) is 0 Å². The van der Waals surface area contributed by atoms with Crippen LogP contribution in [0.5, 0.6) is 17.2 Å². The second-order valence-corrected chi connectivity index (χ2v) is 7.44. The molecule has 0 aliphatic rings. The molecule has 1 amide bonds. The number of carbonyl (C=O) groups excluding carboxylic acids is 1. The van der Waals surface area contributed by atoms with Crippen molar-refractivity contribution in [1.29, 1.82) is 0 Å². The molecule has 28 heavy (non-hydrogen) atoms. The lowest BCUT2D eigenvalue weighted by atomic mass is 9.87. The van der Waals surface area contributed by atoms with E-state index in [9.17, 15) is 4.79 Å². The second kappa shape index (κ2) is 7.42. The predicted octanol–water partition coefficient (Wildman–Crippen LogP) is 4.14. The smallest absolute Gasteiger partial charge is 0.258 e. The van der Waals surface area contributed by atoms with Crippen LogP contribution < -0.4 is 19.5 Å². The molecule has 0 atom stereocenters. The Bertz CT molecular complexity index is 993. The fourth-order valence-corrected chi connectivity index (χ4v) is 2.93. The van der Waals surface area contributed by atoms with Gasteiger partial charge in [0.05, 0.1) is 32.4 Å². The molecule has 1 aromatic heterocycles. The van der Waals surface area contributed by atoms with Crippen LogP contribution in [-0.2, 0) is 5.41 Å². The number of anilines is 1. The normalized spacial score (nSPS) is 11.4. The summed E-state index contributed by atoms with van der Waals surface area (Å²) in [5.74, 6) is 1.28. The summed E-state index contributed by atoms with van der Waals surface area (Å²) in [6, 6.07) is 9.24. The lowest BCUT2D eigenvalue weighted by Crippen LogP contribution is -2.13. The van der Waals surface area contributed by atoms with E-state index in [-0.39, 0.29) is 11.3 Å². The summed E-state index contributed by atoms with van der Waals surface area (Å²) < 4.78 is 15.9. The molecule has 0 aliphatic heterocycles. The number of rotatable bonds is 5. The molecular weight excluding hydrogens is 358 g/mol. The number of fused-ring (bicyclic) bond motifs is 1. The highest BCUT2D eigenvalue weighted by atomic mass is 16.5. The molecule has 1 heterocycles. The molecule has 2 N–H and O–H groups in total. The minimum atomic E-state index is -0.339. The topological polar surface area (TPSA) is 85.5 Å². The van der Waals surface area contributed by atoms with Gasteiger partial charge in [0, 0.05) is 5.56 Å². The van der Waals surface area contributed by atoms with Crippen LogP contribution in [0.4, 0.5) is 5.95 Å². The number of aromatic amines is 1. The van der Waals surface area contributed by atoms with Gasteiger partial charge in [0.15, 0.2) is 11.5 Å². The van der Waals surface area contributed by atoms with Gasteiger partial charge >= 0.3 is 0 Å². The Labute approximate surface area is 164 Å². The van der Waals surface area contributed by atoms with E-state index >= 15 is 0 Å². The summed E-state index contributed by atoms with van der Waals surface area (Å²) in [5, 5.41) is 2.79. The van der Waals surface area contributed by atoms with Gasteiger partial charge in [-0.2, -0.15) is 0 Å². The first kappa shape index (κ1) is 19.5. The molecule has 3 aromatic rings. The lowest BCUT2D eigenvalue weighted by Gasteiger charge is -2.18. The van der Waals surface area contributed by atoms with Gasteiger partial charge in [-0.3, -0.25) is 10.1 Å². The van der Waals surface area contributed by atoms with Crippen LogP contribution >= 0.6 is 0 Å². The monoisotopic (exact) mass is 383 g/mol. The summed E-state index contributed by atoms with van der Waals surface area (Å²) in [5.41, 5.74) is 3.23. The number of methoxy groups -OCH3 is 3. The average Bonchev–Trinajstić information content (AvgIpc) is 3.07. The van der Waals surface area contributed by atoms with E-state index < -0.39 is 0 Å². The fraction of sp³-hybridized carbons (Fsp3) is 0.333. The Kier molecular flexibility index (Phi) is 5.18. The van der Waals surface area contributed by atoms with Crippen molar-refractivity contribution in [3.05, 3.63) is 41.5 Å². The molecule has 2 aromatic carbocycles. The van der Waals surface area contributed by atoms with Crippen molar-refractivity contribution < 1.29 is 19.0 Å². The highest BCUT2D eigenvalue weighted by molar-refractivity contribution is 6.04. The summed E-state index contributed by atoms with van der Waals surface area (Å²) >= 11 is 0. The molecule has 0 bridgehead atoms. The zero-order valence-corrected chi connectivity index (χ0v) is 17.0. The molecule has 7 heteroatoms. The maximum Gasteiger partial charge on any atom is 0.258 e. The van der Waals surface area contributed by atoms with Gasteiger partial charge in [-0.15, -0.1) is 0 Å². The van der Waals surface area contributed by atoms with E-state index in [4.69, 9.17) is 14.2 Å². The number of amides is 1. The van der Waals surface area contributed by atoms with Crippen LogP contribution in [-0.4, -0.2) is 37.2 Å². The Morgan fingerprint density at radius 1 is 1.00 bits per heavy atom. The standard InChI is InChI=1S/C21H25N3O4/c1-21(2,3)13-7-8-14-15(11-13)23-20(22-14)24-19(25)12-9-16(26-4)18(28-6)17(10-12)27-5/h7-11H,1-6H3,(H2,22,23,24,25). The van der Waals surface area contributed by atoms with Crippen LogP contribution in [0, 0.1) is 0 Å². The number of H-pyrrole nitrogens is 1. The molecule has 7 nitrogen and oxygen atoms in total. The van der Waals surface area contributed by atoms with Crippen molar-refractivity contribution >= 4 is 22.9 Å². The van der Waals surface area contributed by atoms with Gasteiger partial charge in [0.1, 0.15) is 0 Å². The van der Waals surface area contributed by atoms with Crippen LogP contribution in [0.15, 0.2) is 30.3 Å². The van der Waals surface area contributed by atoms with E-state index in [1.165, 1.54) is 26.9 Å². The van der Waals surface area contributed by atoms with Crippen molar-refractivity contribution in [1.82, 2.24) is 9.97 Å². The molecule has 0 unspecified atom stereocenters. The Balaban J connectivity index is 1.90. The number of benzene rings is 2. The minimum absolute atomic E-state index is 0.0267. The quantitative estimate of drug-likeness (QED) is 0.692. The molecule has 0 aliphatic carbocycles. The van der Waals surface area contributed by atoms with Crippen LogP contribution in [0.2, 0.25) is 0 Å². The van der Waals surface area contributed by atoms with E-state index in [0.717, 1.165) is 11.0 Å². The Morgan fingerprint density at radius 2 is 1.64 bits per heavy atom. The van der Waals surface area contributed by atoms with E-state index in [1.807, 2.05) is 12.1 Å². The minimum Gasteiger partial charge on any atom is -0.493 e. The number of aromatic nitrogens is 2. The van der Waals surface area contributed by atoms with Crippen LogP contribution in [0.25, 0.3) is 11.0 Å². The first-order valence-electron chi connectivity index (χ1n) is 8.88. The first-order valence-corrected chi connectivity index (χ1v) is 8.88. The average molecular weight is 383 g/mol. The maximum absolute atomic E-state index is 12.7. The fourth-order valence-electron chi connectivity index (χ4n) is 2.93. The summed E-state index contributed by atoms with van der Waals surface area (Å²) in [4.78, 5) is 20.3. The number of hydrogen-bond acceptors (Lipinski definition) is 5. The summed E-state index contributed by atoms with van der Waals surface area (Å²) in [7, 11) is 4.52. The highest BCUT2D eigenvalue weighted by Gasteiger charge is 2.19. The number of nitrogens with zero attached hydrogens (tertiary/aromatic N) is 1. The third kappa shape index (κ3) is 3.74. The van der Waals surface area contributed by atoms with Crippen LogP contribution in [0.3, 0.4) is 0 Å². The third-order valence-electron chi connectivity index (χ3n) is 4.51. The van der Waals surface area contributed by atoms with Crippen molar-refractivity contribution in [3.8, 4) is 17.2 Å². The first-order chi connectivity index (χ1) is 13.3. The van der Waals surface area contributed by atoms with Gasteiger partial charge in [-0.25, -0.2) is 4.98 Å². The third-order valence-corrected chi connectivity index (χ3v) is 4.51. The van der Waals surface area contributed by atoms with E-state index in [2.05, 4.69) is 42.1 Å². The second-order valence-electron chi connectivity index (χ2n) is 7.44. The molecule has 0 radical (unpaired) electrons. The molecule has 0 fully saturated rings. The maximum atomic E-state index is 12.7. The van der Waals surface area contributed by atoms with Crippen molar-refractivity contribution in [2.45, 2.75) is 26.2 Å². The van der Waals surface area contributed by atoms with Crippen LogP contribution in [0.1, 0.15) is 36.7 Å². The molecule has 148 valence electrons. The Morgan fingerprint density at radius 3 is 2.18 bits per heavy atom. The lowest BCUT2D eigenvalue weighted by molar-refractivity contribution is 0.102. The van der Waals surface area contributed by atoms with Gasteiger partial charge in [-0.1, -0.05) is 26.8 Å². The Hall–Kier alpha value is -3.22. The number of imidazole rings is 1. The van der Waals surface area contributed by atoms with Gasteiger partial charge in [0.25, 0.3) is 5.91 Å².